The molecule has 2 amide bonds. The number of rotatable bonds is 8. The fourth-order valence-corrected chi connectivity index (χ4v) is 3.31. The molecule has 148 valence electrons. The van der Waals surface area contributed by atoms with E-state index >= 15 is 0 Å². The van der Waals surface area contributed by atoms with E-state index in [1.54, 1.807) is 36.4 Å². The van der Waals surface area contributed by atoms with Gasteiger partial charge in [0.2, 0.25) is 16.8 Å². The minimum absolute atomic E-state index is 0.231. The number of primary amides is 1. The lowest BCUT2D eigenvalue weighted by molar-refractivity contribution is -0.117. The monoisotopic (exact) mass is 404 g/mol. The van der Waals surface area contributed by atoms with E-state index in [-0.39, 0.29) is 28.5 Å². The number of hydrogen-bond acceptors (Lipinski definition) is 7. The van der Waals surface area contributed by atoms with Gasteiger partial charge in [-0.25, -0.2) is 0 Å². The summed E-state index contributed by atoms with van der Waals surface area (Å²) < 4.78 is 15.9. The van der Waals surface area contributed by atoms with Crippen LogP contribution in [0.2, 0.25) is 0 Å². The summed E-state index contributed by atoms with van der Waals surface area (Å²) in [5.74, 6) is -0.218. The van der Waals surface area contributed by atoms with Crippen LogP contribution in [0.1, 0.15) is 20.7 Å². The number of nitrogens with one attached hydrogen (secondary N) is 1. The van der Waals surface area contributed by atoms with Gasteiger partial charge in [-0.15, -0.1) is 0 Å². The molecule has 3 N–H and O–H groups in total. The maximum atomic E-state index is 12.9. The van der Waals surface area contributed by atoms with E-state index in [4.69, 9.17) is 19.9 Å². The summed E-state index contributed by atoms with van der Waals surface area (Å²) in [6.07, 6.45) is 0. The topological polar surface area (TPSA) is 117 Å². The molecule has 2 aromatic carbocycles. The third-order valence-electron chi connectivity index (χ3n) is 3.68. The molecule has 0 unspecified atom stereocenters. The largest absolute Gasteiger partial charge is 0.493 e. The van der Waals surface area contributed by atoms with Crippen molar-refractivity contribution in [3.63, 3.8) is 0 Å². The van der Waals surface area contributed by atoms with Crippen molar-refractivity contribution in [1.82, 2.24) is 5.32 Å². The summed E-state index contributed by atoms with van der Waals surface area (Å²) in [4.78, 5) is 36.5. The van der Waals surface area contributed by atoms with Crippen LogP contribution in [-0.2, 0) is 4.79 Å². The van der Waals surface area contributed by atoms with Crippen LogP contribution in [0.3, 0.4) is 0 Å². The van der Waals surface area contributed by atoms with Crippen molar-refractivity contribution in [1.29, 1.82) is 0 Å². The van der Waals surface area contributed by atoms with Crippen molar-refractivity contribution >= 4 is 28.7 Å². The molecular formula is C19H20N2O6S. The minimum atomic E-state index is -0.662. The SMILES string of the molecule is COc1ccc(C(=O)Sc2ccccc2C(=O)NCC(N)=O)c(OC)c1OC. The molecule has 0 saturated heterocycles. The molecule has 0 bridgehead atoms. The molecule has 0 spiro atoms. The molecule has 0 fully saturated rings. The molecule has 28 heavy (non-hydrogen) atoms. The molecule has 0 aliphatic rings. The van der Waals surface area contributed by atoms with Gasteiger partial charge in [-0.05, 0) is 36.0 Å². The zero-order valence-electron chi connectivity index (χ0n) is 15.6. The van der Waals surface area contributed by atoms with Crippen LogP contribution in [0.25, 0.3) is 0 Å². The first kappa shape index (κ1) is 21.1. The Morgan fingerprint density at radius 1 is 0.929 bits per heavy atom. The Morgan fingerprint density at radius 3 is 2.21 bits per heavy atom. The molecule has 0 heterocycles. The van der Waals surface area contributed by atoms with Crippen LogP contribution in [0.5, 0.6) is 17.2 Å². The first-order valence-electron chi connectivity index (χ1n) is 8.09. The van der Waals surface area contributed by atoms with Crippen LogP contribution in [-0.4, -0.2) is 44.8 Å². The molecule has 8 nitrogen and oxygen atoms in total. The Labute approximate surface area is 166 Å². The van der Waals surface area contributed by atoms with E-state index in [2.05, 4.69) is 5.32 Å². The Morgan fingerprint density at radius 2 is 1.61 bits per heavy atom. The second kappa shape index (κ2) is 9.65. The highest BCUT2D eigenvalue weighted by Gasteiger charge is 2.23. The summed E-state index contributed by atoms with van der Waals surface area (Å²) in [5.41, 5.74) is 5.56. The number of ether oxygens (including phenoxy) is 3. The molecule has 0 atom stereocenters. The average Bonchev–Trinajstić information content (AvgIpc) is 2.70. The van der Waals surface area contributed by atoms with E-state index in [1.807, 2.05) is 0 Å². The summed E-state index contributed by atoms with van der Waals surface area (Å²) in [6, 6.07) is 9.70. The molecule has 0 aliphatic heterocycles. The molecule has 2 aromatic rings. The van der Waals surface area contributed by atoms with Crippen molar-refractivity contribution in [3.8, 4) is 17.2 Å². The molecule has 0 aliphatic carbocycles. The van der Waals surface area contributed by atoms with E-state index in [1.165, 1.54) is 21.3 Å². The number of hydrogen-bond donors (Lipinski definition) is 2. The van der Waals surface area contributed by atoms with Gasteiger partial charge in [-0.3, -0.25) is 14.4 Å². The zero-order valence-corrected chi connectivity index (χ0v) is 16.4. The molecule has 0 radical (unpaired) electrons. The minimum Gasteiger partial charge on any atom is -0.493 e. The highest BCUT2D eigenvalue weighted by Crippen LogP contribution is 2.42. The van der Waals surface area contributed by atoms with Gasteiger partial charge >= 0.3 is 0 Å². The van der Waals surface area contributed by atoms with Gasteiger partial charge in [0.25, 0.3) is 5.91 Å². The zero-order chi connectivity index (χ0) is 20.7. The Kier molecular flexibility index (Phi) is 7.28. The molecule has 2 rings (SSSR count). The Hall–Kier alpha value is -3.20. The van der Waals surface area contributed by atoms with Crippen molar-refractivity contribution in [2.75, 3.05) is 27.9 Å². The van der Waals surface area contributed by atoms with Crippen LogP contribution < -0.4 is 25.3 Å². The smallest absolute Gasteiger partial charge is 0.252 e. The van der Waals surface area contributed by atoms with Crippen LogP contribution >= 0.6 is 11.8 Å². The quantitative estimate of drug-likeness (QED) is 0.645. The van der Waals surface area contributed by atoms with Gasteiger partial charge < -0.3 is 25.3 Å². The highest BCUT2D eigenvalue weighted by atomic mass is 32.2. The maximum Gasteiger partial charge on any atom is 0.252 e. The molecule has 9 heteroatoms. The fourth-order valence-electron chi connectivity index (χ4n) is 2.42. The van der Waals surface area contributed by atoms with E-state index in [0.717, 1.165) is 11.8 Å². The summed E-state index contributed by atoms with van der Waals surface area (Å²) in [5, 5.41) is 2.05. The maximum absolute atomic E-state index is 12.9. The Balaban J connectivity index is 2.34. The molecule has 0 saturated carbocycles. The number of amides is 2. The molecule has 0 aromatic heterocycles. The fraction of sp³-hybridized carbons (Fsp3) is 0.211. The van der Waals surface area contributed by atoms with Gasteiger partial charge in [0.15, 0.2) is 11.5 Å². The van der Waals surface area contributed by atoms with Gasteiger partial charge in [0.1, 0.15) is 0 Å². The lowest BCUT2D eigenvalue weighted by Gasteiger charge is -2.15. The normalized spacial score (nSPS) is 10.1. The summed E-state index contributed by atoms with van der Waals surface area (Å²) in [7, 11) is 4.35. The number of methoxy groups -OCH3 is 3. The predicted molar refractivity (Wildman–Crippen MR) is 104 cm³/mol. The standard InChI is InChI=1S/C19H20N2O6S/c1-25-13-9-8-12(16(26-2)17(13)27-3)19(24)28-14-7-5-4-6-11(14)18(23)21-10-15(20)22/h4-9H,10H2,1-3H3,(H2,20,22)(H,21,23). The van der Waals surface area contributed by atoms with Crippen molar-refractivity contribution in [3.05, 3.63) is 47.5 Å². The summed E-state index contributed by atoms with van der Waals surface area (Å²) >= 11 is 0.856. The van der Waals surface area contributed by atoms with Crippen LogP contribution in [0.15, 0.2) is 41.3 Å². The van der Waals surface area contributed by atoms with E-state index in [9.17, 15) is 14.4 Å². The first-order valence-corrected chi connectivity index (χ1v) is 8.91. The second-order valence-electron chi connectivity index (χ2n) is 5.42. The molecular weight excluding hydrogens is 384 g/mol. The number of thioether (sulfide) groups is 1. The number of carbonyl (C=O) groups is 3. The van der Waals surface area contributed by atoms with Crippen molar-refractivity contribution in [2.24, 2.45) is 5.73 Å². The average molecular weight is 404 g/mol. The Bertz CT molecular complexity index is 900. The van der Waals surface area contributed by atoms with E-state index < -0.39 is 11.8 Å². The van der Waals surface area contributed by atoms with E-state index in [0.29, 0.717) is 16.4 Å². The van der Waals surface area contributed by atoms with Gasteiger partial charge in [0.05, 0.1) is 39.0 Å². The highest BCUT2D eigenvalue weighted by molar-refractivity contribution is 8.14. The summed E-state index contributed by atoms with van der Waals surface area (Å²) in [6.45, 7) is -0.296. The van der Waals surface area contributed by atoms with Gasteiger partial charge in [0, 0.05) is 4.90 Å². The van der Waals surface area contributed by atoms with Crippen LogP contribution in [0.4, 0.5) is 0 Å². The van der Waals surface area contributed by atoms with Gasteiger partial charge in [-0.1, -0.05) is 12.1 Å². The number of carbonyl (C=O) groups excluding carboxylic acids is 3. The van der Waals surface area contributed by atoms with Crippen LogP contribution in [0, 0.1) is 0 Å². The third-order valence-corrected chi connectivity index (χ3v) is 4.66. The lowest BCUT2D eigenvalue weighted by Crippen LogP contribution is -2.33. The van der Waals surface area contributed by atoms with Crippen molar-refractivity contribution in [2.45, 2.75) is 4.90 Å². The number of nitrogens with two attached hydrogens (primary N) is 1. The lowest BCUT2D eigenvalue weighted by atomic mass is 10.2. The second-order valence-corrected chi connectivity index (χ2v) is 6.43. The van der Waals surface area contributed by atoms with Crippen molar-refractivity contribution < 1.29 is 28.6 Å². The van der Waals surface area contributed by atoms with Gasteiger partial charge in [-0.2, -0.15) is 0 Å². The predicted octanol–water partition coefficient (Wildman–Crippen LogP) is 1.86. The first-order chi connectivity index (χ1) is 13.4. The third kappa shape index (κ3) is 4.74. The number of benzene rings is 2.